The minimum Gasteiger partial charge on any atom is -0.337 e. The first-order chi connectivity index (χ1) is 17.9. The van der Waals surface area contributed by atoms with Crippen molar-refractivity contribution in [2.24, 2.45) is 0 Å². The number of imidazole rings is 1. The molecule has 0 spiro atoms. The van der Waals surface area contributed by atoms with Gasteiger partial charge >= 0.3 is 0 Å². The first-order valence-corrected chi connectivity index (χ1v) is 11.3. The Morgan fingerprint density at radius 1 is 0.622 bits per heavy atom. The van der Waals surface area contributed by atoms with E-state index in [9.17, 15) is 25.0 Å². The van der Waals surface area contributed by atoms with Gasteiger partial charge in [-0.2, -0.15) is 0 Å². The molecule has 0 aliphatic heterocycles. The number of hydrogen-bond donors (Lipinski definition) is 1. The van der Waals surface area contributed by atoms with Crippen molar-refractivity contribution in [1.82, 2.24) is 9.97 Å². The lowest BCUT2D eigenvalue weighted by Crippen LogP contribution is -1.97. The number of nitrogens with zero attached hydrogens (tertiary/aromatic N) is 3. The lowest BCUT2D eigenvalue weighted by atomic mass is 9.99. The molecule has 1 aliphatic carbocycles. The fourth-order valence-corrected chi connectivity index (χ4v) is 4.63. The Morgan fingerprint density at radius 2 is 1.27 bits per heavy atom. The third kappa shape index (κ3) is 3.66. The number of hydrogen-bond acceptors (Lipinski definition) is 6. The molecule has 5 aromatic rings. The predicted molar refractivity (Wildman–Crippen MR) is 137 cm³/mol. The number of benzene rings is 4. The van der Waals surface area contributed by atoms with Crippen molar-refractivity contribution >= 4 is 17.2 Å². The van der Waals surface area contributed by atoms with Crippen LogP contribution in [0.2, 0.25) is 0 Å². The summed E-state index contributed by atoms with van der Waals surface area (Å²) in [5.74, 6) is 0.162. The van der Waals surface area contributed by atoms with E-state index in [0.717, 1.165) is 5.56 Å². The van der Waals surface area contributed by atoms with Crippen molar-refractivity contribution in [3.63, 3.8) is 0 Å². The zero-order valence-electron chi connectivity index (χ0n) is 19.0. The summed E-state index contributed by atoms with van der Waals surface area (Å²) in [5.41, 5.74) is 5.24. The Kier molecular flexibility index (Phi) is 4.97. The number of carbonyl (C=O) groups excluding carboxylic acids is 1. The fraction of sp³-hybridized carbons (Fsp3) is 0. The standard InChI is InChI=1S/C28H16N4O5/c33-27-23-14-17(9-11-21(23)22-12-10-20(32(36)37)15-24(22)27)26-25(16-5-2-1-3-6-16)29-28(30-26)18-7-4-8-19(13-18)31(34)35/h1-15H,(H,29,30). The first kappa shape index (κ1) is 22.1. The summed E-state index contributed by atoms with van der Waals surface area (Å²) in [6.07, 6.45) is 0. The molecule has 0 saturated heterocycles. The molecular formula is C28H16N4O5. The van der Waals surface area contributed by atoms with Crippen LogP contribution in [0.5, 0.6) is 0 Å². The monoisotopic (exact) mass is 488 g/mol. The Morgan fingerprint density at radius 3 is 2.00 bits per heavy atom. The van der Waals surface area contributed by atoms with Crippen LogP contribution in [0.25, 0.3) is 45.0 Å². The van der Waals surface area contributed by atoms with Crippen LogP contribution in [0.15, 0.2) is 91.0 Å². The van der Waals surface area contributed by atoms with E-state index in [-0.39, 0.29) is 17.2 Å². The van der Waals surface area contributed by atoms with Crippen molar-refractivity contribution in [3.8, 4) is 45.0 Å². The summed E-state index contributed by atoms with van der Waals surface area (Å²) in [6.45, 7) is 0. The molecule has 0 atom stereocenters. The second-order valence-corrected chi connectivity index (χ2v) is 8.56. The molecule has 0 unspecified atom stereocenters. The average molecular weight is 488 g/mol. The summed E-state index contributed by atoms with van der Waals surface area (Å²) < 4.78 is 0. The number of aromatic nitrogens is 2. The van der Waals surface area contributed by atoms with Crippen LogP contribution in [0.1, 0.15) is 15.9 Å². The van der Waals surface area contributed by atoms with Crippen molar-refractivity contribution in [3.05, 3.63) is 122 Å². The van der Waals surface area contributed by atoms with Crippen molar-refractivity contribution in [2.75, 3.05) is 0 Å². The number of rotatable bonds is 5. The molecule has 9 nitrogen and oxygen atoms in total. The molecule has 1 aliphatic rings. The zero-order valence-corrected chi connectivity index (χ0v) is 19.0. The topological polar surface area (TPSA) is 132 Å². The normalized spacial score (nSPS) is 11.7. The van der Waals surface area contributed by atoms with Gasteiger partial charge in [0, 0.05) is 52.1 Å². The van der Waals surface area contributed by atoms with Crippen LogP contribution in [-0.4, -0.2) is 25.6 Å². The molecule has 6 rings (SSSR count). The van der Waals surface area contributed by atoms with E-state index in [4.69, 9.17) is 4.98 Å². The van der Waals surface area contributed by atoms with Crippen LogP contribution in [0.3, 0.4) is 0 Å². The first-order valence-electron chi connectivity index (χ1n) is 11.3. The Bertz CT molecular complexity index is 1760. The van der Waals surface area contributed by atoms with Crippen molar-refractivity contribution in [2.45, 2.75) is 0 Å². The second kappa shape index (κ2) is 8.35. The van der Waals surface area contributed by atoms with E-state index in [1.165, 1.54) is 24.3 Å². The third-order valence-electron chi connectivity index (χ3n) is 6.38. The number of carbonyl (C=O) groups is 1. The molecule has 4 aromatic carbocycles. The van der Waals surface area contributed by atoms with Crippen molar-refractivity contribution < 1.29 is 14.6 Å². The van der Waals surface area contributed by atoms with Gasteiger partial charge < -0.3 is 4.98 Å². The van der Waals surface area contributed by atoms with E-state index >= 15 is 0 Å². The highest BCUT2D eigenvalue weighted by Gasteiger charge is 2.29. The van der Waals surface area contributed by atoms with Gasteiger partial charge in [0.1, 0.15) is 5.82 Å². The van der Waals surface area contributed by atoms with Gasteiger partial charge in [-0.3, -0.25) is 25.0 Å². The summed E-state index contributed by atoms with van der Waals surface area (Å²) in [6, 6.07) is 25.4. The predicted octanol–water partition coefficient (Wildman–Crippen LogP) is 6.44. The molecule has 0 fully saturated rings. The molecule has 0 amide bonds. The Balaban J connectivity index is 1.50. The van der Waals surface area contributed by atoms with Crippen molar-refractivity contribution in [1.29, 1.82) is 0 Å². The number of H-pyrrole nitrogens is 1. The third-order valence-corrected chi connectivity index (χ3v) is 6.38. The Hall–Kier alpha value is -5.44. The van der Waals surface area contributed by atoms with Crippen LogP contribution < -0.4 is 0 Å². The van der Waals surface area contributed by atoms with Gasteiger partial charge in [-0.05, 0) is 23.3 Å². The number of fused-ring (bicyclic) bond motifs is 3. The maximum absolute atomic E-state index is 13.2. The highest BCUT2D eigenvalue weighted by atomic mass is 16.6. The largest absolute Gasteiger partial charge is 0.337 e. The van der Waals surface area contributed by atoms with Gasteiger partial charge in [0.05, 0.1) is 21.2 Å². The van der Waals surface area contributed by atoms with Gasteiger partial charge in [-0.1, -0.05) is 54.6 Å². The van der Waals surface area contributed by atoms with E-state index in [2.05, 4.69) is 4.98 Å². The molecule has 1 heterocycles. The van der Waals surface area contributed by atoms with Gasteiger partial charge in [-0.15, -0.1) is 0 Å². The highest BCUT2D eigenvalue weighted by molar-refractivity contribution is 6.22. The molecule has 9 heteroatoms. The maximum Gasteiger partial charge on any atom is 0.270 e. The molecule has 1 aromatic heterocycles. The summed E-state index contributed by atoms with van der Waals surface area (Å²) in [5, 5.41) is 22.5. The van der Waals surface area contributed by atoms with Crippen LogP contribution >= 0.6 is 0 Å². The number of nitrogens with one attached hydrogen (secondary N) is 1. The minimum absolute atomic E-state index is 0.0494. The maximum atomic E-state index is 13.2. The van der Waals surface area contributed by atoms with E-state index in [1.54, 1.807) is 24.3 Å². The molecule has 0 radical (unpaired) electrons. The minimum atomic E-state index is -0.521. The van der Waals surface area contributed by atoms with Gasteiger partial charge in [-0.25, -0.2) is 4.98 Å². The fourth-order valence-electron chi connectivity index (χ4n) is 4.63. The number of nitro benzene ring substituents is 2. The van der Waals surface area contributed by atoms with E-state index in [0.29, 0.717) is 50.6 Å². The molecule has 1 N–H and O–H groups in total. The number of nitro groups is 2. The number of ketones is 1. The number of aromatic amines is 1. The van der Waals surface area contributed by atoms with Gasteiger partial charge in [0.25, 0.3) is 11.4 Å². The molecule has 0 saturated carbocycles. The van der Waals surface area contributed by atoms with Gasteiger partial charge in [0.2, 0.25) is 0 Å². The lowest BCUT2D eigenvalue weighted by molar-refractivity contribution is -0.385. The lowest BCUT2D eigenvalue weighted by Gasteiger charge is -2.06. The molecule has 0 bridgehead atoms. The summed E-state index contributed by atoms with van der Waals surface area (Å²) >= 11 is 0. The molecule has 37 heavy (non-hydrogen) atoms. The molecular weight excluding hydrogens is 472 g/mol. The highest BCUT2D eigenvalue weighted by Crippen LogP contribution is 2.41. The zero-order chi connectivity index (χ0) is 25.7. The van der Waals surface area contributed by atoms with Gasteiger partial charge in [0.15, 0.2) is 5.78 Å². The number of non-ortho nitro benzene ring substituents is 2. The van der Waals surface area contributed by atoms with Crippen LogP contribution in [0.4, 0.5) is 11.4 Å². The second-order valence-electron chi connectivity index (χ2n) is 8.56. The van der Waals surface area contributed by atoms with Crippen LogP contribution in [-0.2, 0) is 0 Å². The average Bonchev–Trinajstić information content (AvgIpc) is 3.49. The van der Waals surface area contributed by atoms with Crippen LogP contribution in [0, 0.1) is 20.2 Å². The SMILES string of the molecule is O=C1c2cc(-c3nc(-c4cccc([N+](=O)[O-])c4)[nH]c3-c3ccccc3)ccc2-c2ccc([N+](=O)[O-])cc21. The molecule has 178 valence electrons. The smallest absolute Gasteiger partial charge is 0.270 e. The summed E-state index contributed by atoms with van der Waals surface area (Å²) in [4.78, 5) is 42.8. The quantitative estimate of drug-likeness (QED) is 0.219. The van der Waals surface area contributed by atoms with E-state index in [1.807, 2.05) is 42.5 Å². The summed E-state index contributed by atoms with van der Waals surface area (Å²) in [7, 11) is 0. The Labute approximate surface area is 209 Å². The van der Waals surface area contributed by atoms with E-state index < -0.39 is 9.85 Å².